The van der Waals surface area contributed by atoms with Crippen molar-refractivity contribution in [1.82, 2.24) is 14.8 Å². The maximum atomic E-state index is 13.9. The molecule has 4 aliphatic rings. The zero-order chi connectivity index (χ0) is 25.8. The third-order valence-corrected chi connectivity index (χ3v) is 7.85. The van der Waals surface area contributed by atoms with Gasteiger partial charge in [0.25, 0.3) is 5.91 Å². The van der Waals surface area contributed by atoms with E-state index in [2.05, 4.69) is 10.3 Å². The fraction of sp³-hybridized carbons (Fsp3) is 0.640. The highest BCUT2D eigenvalue weighted by molar-refractivity contribution is 6.03. The maximum absolute atomic E-state index is 13.9. The number of nitrogens with zero attached hydrogens (tertiary/aromatic N) is 3. The molecule has 2 aliphatic heterocycles. The third kappa shape index (κ3) is 4.63. The van der Waals surface area contributed by atoms with Gasteiger partial charge in [-0.3, -0.25) is 19.2 Å². The molecule has 194 valence electrons. The van der Waals surface area contributed by atoms with Crippen LogP contribution in [0.25, 0.3) is 0 Å². The lowest BCUT2D eigenvalue weighted by atomic mass is 9.97. The zero-order valence-corrected chi connectivity index (χ0v) is 20.7. The van der Waals surface area contributed by atoms with Crippen molar-refractivity contribution in [2.45, 2.75) is 75.6 Å². The number of rotatable bonds is 8. The quantitative estimate of drug-likeness (QED) is 0.464. The minimum atomic E-state index is -1.50. The van der Waals surface area contributed by atoms with Crippen molar-refractivity contribution in [2.24, 2.45) is 23.3 Å². The van der Waals surface area contributed by atoms with Crippen molar-refractivity contribution < 1.29 is 23.9 Å². The monoisotopic (exact) mass is 498 g/mol. The summed E-state index contributed by atoms with van der Waals surface area (Å²) in [6, 6.07) is 0.919. The van der Waals surface area contributed by atoms with Crippen LogP contribution in [0.2, 0.25) is 0 Å². The molecular formula is C25H34N6O5. The summed E-state index contributed by atoms with van der Waals surface area (Å²) >= 11 is 0. The number of amides is 4. The van der Waals surface area contributed by atoms with Crippen LogP contribution in [0.15, 0.2) is 12.1 Å². The second-order valence-electron chi connectivity index (χ2n) is 10.9. The van der Waals surface area contributed by atoms with Crippen LogP contribution in [-0.2, 0) is 19.2 Å². The molecule has 1 aromatic rings. The number of fused-ring (bicyclic) bond motifs is 1. The van der Waals surface area contributed by atoms with Crippen LogP contribution in [0.4, 0.5) is 5.69 Å². The molecule has 1 spiro atoms. The number of likely N-dealkylation sites (tertiary alicyclic amines) is 1. The van der Waals surface area contributed by atoms with E-state index in [1.807, 2.05) is 0 Å². The number of carbonyl (C=O) groups excluding carboxylic acids is 4. The number of ether oxygens (including phenoxy) is 1. The Bertz CT molecular complexity index is 1100. The lowest BCUT2D eigenvalue weighted by Crippen LogP contribution is -2.57. The number of hydrogen-bond acceptors (Lipinski definition) is 7. The van der Waals surface area contributed by atoms with Crippen molar-refractivity contribution >= 4 is 29.3 Å². The predicted octanol–water partition coefficient (Wildman–Crippen LogP) is 0.300. The van der Waals surface area contributed by atoms with Crippen molar-refractivity contribution in [1.29, 1.82) is 0 Å². The van der Waals surface area contributed by atoms with E-state index in [1.54, 1.807) is 26.1 Å². The first-order valence-corrected chi connectivity index (χ1v) is 12.7. The molecule has 3 unspecified atom stereocenters. The molecule has 2 aliphatic carbocycles. The van der Waals surface area contributed by atoms with Crippen molar-refractivity contribution in [3.8, 4) is 5.88 Å². The first-order valence-electron chi connectivity index (χ1n) is 12.7. The number of carbonyl (C=O) groups is 4. The van der Waals surface area contributed by atoms with Crippen LogP contribution in [0.3, 0.4) is 0 Å². The summed E-state index contributed by atoms with van der Waals surface area (Å²) in [5, 5.41) is 2.79. The van der Waals surface area contributed by atoms with Crippen molar-refractivity contribution in [2.75, 3.05) is 18.9 Å². The zero-order valence-electron chi connectivity index (χ0n) is 20.7. The Balaban J connectivity index is 1.40. The molecule has 2 saturated carbocycles. The molecule has 4 atom stereocenters. The molecule has 1 aromatic heterocycles. The van der Waals surface area contributed by atoms with Gasteiger partial charge in [-0.2, -0.15) is 0 Å². The molecule has 5 N–H and O–H groups in total. The van der Waals surface area contributed by atoms with Gasteiger partial charge in [0.05, 0.1) is 12.6 Å². The fourth-order valence-electron chi connectivity index (χ4n) is 5.28. The number of likely N-dealkylation sites (N-methyl/N-ethyl adjacent to an activating group) is 1. The molecule has 36 heavy (non-hydrogen) atoms. The lowest BCUT2D eigenvalue weighted by Gasteiger charge is -2.35. The number of nitrogens with one attached hydrogen (secondary N) is 1. The van der Waals surface area contributed by atoms with Crippen LogP contribution < -0.4 is 21.5 Å². The Hall–Kier alpha value is -3.21. The highest BCUT2D eigenvalue weighted by Crippen LogP contribution is 2.41. The average molecular weight is 499 g/mol. The standard InChI is InChI=1S/C25H34N6O5/c1-13-3-8-17-21(28-13)36-25(24(35)29-17)11-19(20(27)32)31(12-25)23(34)18(10-15-6-7-15)30(2)22(33)16(26)9-14-4-5-14/h3,8,14-16,18-19H,4-7,9-12,26H2,1-2H3,(H2,27,32)(H,29,35)/t16?,18?,19-,25?/m0/s1. The molecule has 0 radical (unpaired) electrons. The van der Waals surface area contributed by atoms with Gasteiger partial charge in [0, 0.05) is 19.2 Å². The van der Waals surface area contributed by atoms with Gasteiger partial charge in [-0.15, -0.1) is 0 Å². The number of aryl methyl sites for hydroxylation is 1. The van der Waals surface area contributed by atoms with E-state index in [9.17, 15) is 19.2 Å². The molecule has 1 saturated heterocycles. The molecule has 5 rings (SSSR count). The van der Waals surface area contributed by atoms with E-state index in [4.69, 9.17) is 16.2 Å². The Labute approximate surface area is 209 Å². The SMILES string of the molecule is Cc1ccc2c(n1)OC1(C[C@@H](C(N)=O)N(C(=O)C(CC3CC3)N(C)C(=O)C(N)CC3CC3)C1)C(=O)N2. The van der Waals surface area contributed by atoms with E-state index >= 15 is 0 Å². The summed E-state index contributed by atoms with van der Waals surface area (Å²) in [6.45, 7) is 1.63. The summed E-state index contributed by atoms with van der Waals surface area (Å²) in [4.78, 5) is 59.8. The average Bonchev–Trinajstić information content (AvgIpc) is 3.77. The van der Waals surface area contributed by atoms with Crippen molar-refractivity contribution in [3.05, 3.63) is 17.8 Å². The van der Waals surface area contributed by atoms with E-state index in [0.717, 1.165) is 25.7 Å². The Kier molecular flexibility index (Phi) is 6.14. The van der Waals surface area contributed by atoms with E-state index < -0.39 is 41.4 Å². The van der Waals surface area contributed by atoms with Gasteiger partial charge >= 0.3 is 0 Å². The summed E-state index contributed by atoms with van der Waals surface area (Å²) in [5.74, 6) is -0.872. The van der Waals surface area contributed by atoms with Crippen LogP contribution in [0.5, 0.6) is 5.88 Å². The number of anilines is 1. The fourth-order valence-corrected chi connectivity index (χ4v) is 5.28. The summed E-state index contributed by atoms with van der Waals surface area (Å²) < 4.78 is 6.08. The van der Waals surface area contributed by atoms with E-state index in [1.165, 1.54) is 9.80 Å². The van der Waals surface area contributed by atoms with E-state index in [-0.39, 0.29) is 24.8 Å². The smallest absolute Gasteiger partial charge is 0.270 e. The van der Waals surface area contributed by atoms with Gasteiger partial charge in [-0.25, -0.2) is 4.98 Å². The van der Waals surface area contributed by atoms with Crippen LogP contribution in [0.1, 0.15) is 50.6 Å². The van der Waals surface area contributed by atoms with Crippen molar-refractivity contribution in [3.63, 3.8) is 0 Å². The second kappa shape index (κ2) is 9.02. The normalized spacial score (nSPS) is 26.6. The maximum Gasteiger partial charge on any atom is 0.270 e. The van der Waals surface area contributed by atoms with E-state index in [0.29, 0.717) is 36.1 Å². The second-order valence-corrected chi connectivity index (χ2v) is 10.9. The molecule has 0 aromatic carbocycles. The number of hydrogen-bond donors (Lipinski definition) is 3. The summed E-state index contributed by atoms with van der Waals surface area (Å²) in [6.07, 6.45) is 5.10. The topological polar surface area (TPSA) is 161 Å². The third-order valence-electron chi connectivity index (χ3n) is 7.85. The first kappa shape index (κ1) is 24.5. The lowest BCUT2D eigenvalue weighted by molar-refractivity contribution is -0.148. The van der Waals surface area contributed by atoms with Crippen LogP contribution >= 0.6 is 0 Å². The molecule has 11 heteroatoms. The number of nitrogens with two attached hydrogens (primary N) is 2. The minimum absolute atomic E-state index is 0.0933. The Morgan fingerprint density at radius 3 is 2.53 bits per heavy atom. The Morgan fingerprint density at radius 2 is 1.89 bits per heavy atom. The molecule has 0 bridgehead atoms. The summed E-state index contributed by atoms with van der Waals surface area (Å²) in [7, 11) is 1.60. The number of aromatic nitrogens is 1. The number of primary amides is 1. The number of pyridine rings is 1. The van der Waals surface area contributed by atoms with Gasteiger partial charge in [-0.05, 0) is 43.7 Å². The molecular weight excluding hydrogens is 464 g/mol. The van der Waals surface area contributed by atoms with Gasteiger partial charge in [0.1, 0.15) is 17.8 Å². The van der Waals surface area contributed by atoms with Crippen LogP contribution in [-0.4, -0.2) is 75.7 Å². The first-order chi connectivity index (χ1) is 17.1. The van der Waals surface area contributed by atoms with Gasteiger partial charge in [-0.1, -0.05) is 25.7 Å². The van der Waals surface area contributed by atoms with Gasteiger partial charge in [0.2, 0.25) is 29.2 Å². The summed E-state index contributed by atoms with van der Waals surface area (Å²) in [5.41, 5.74) is 11.5. The Morgan fingerprint density at radius 1 is 1.22 bits per heavy atom. The van der Waals surface area contributed by atoms with Crippen LogP contribution in [0, 0.1) is 18.8 Å². The highest BCUT2D eigenvalue weighted by atomic mass is 16.5. The van der Waals surface area contributed by atoms with Gasteiger partial charge in [0.15, 0.2) is 0 Å². The molecule has 3 fully saturated rings. The van der Waals surface area contributed by atoms with Gasteiger partial charge < -0.3 is 31.3 Å². The molecule has 4 amide bonds. The molecule has 3 heterocycles. The minimum Gasteiger partial charge on any atom is -0.457 e. The largest absolute Gasteiger partial charge is 0.457 e. The highest BCUT2D eigenvalue weighted by Gasteiger charge is 2.58. The molecule has 11 nitrogen and oxygen atoms in total. The predicted molar refractivity (Wildman–Crippen MR) is 129 cm³/mol.